The van der Waals surface area contributed by atoms with E-state index in [1.807, 2.05) is 0 Å². The second-order valence-electron chi connectivity index (χ2n) is 7.67. The van der Waals surface area contributed by atoms with E-state index < -0.39 is 53.1 Å². The number of nitrogens with two attached hydrogens (primary N) is 1. The summed E-state index contributed by atoms with van der Waals surface area (Å²) < 4.78 is 102. The maximum Gasteiger partial charge on any atom is 0.266 e. The van der Waals surface area contributed by atoms with E-state index in [1.54, 1.807) is 12.1 Å². The van der Waals surface area contributed by atoms with Crippen LogP contribution in [0.1, 0.15) is 35.1 Å². The first-order valence-electron chi connectivity index (χ1n) is 11.0. The summed E-state index contributed by atoms with van der Waals surface area (Å²) in [6.07, 6.45) is -5.81. The maximum atomic E-state index is 13.8. The number of anilines is 3. The molecule has 4 aromatic rings. The molecule has 4 rings (SSSR count). The zero-order valence-electron chi connectivity index (χ0n) is 20.8. The first-order valence-corrected chi connectivity index (χ1v) is 12.2. The van der Waals surface area contributed by atoms with Gasteiger partial charge in [0, 0.05) is 0 Å². The molecule has 2 aromatic carbocycles. The largest absolute Gasteiger partial charge is 0.396 e. The van der Waals surface area contributed by atoms with Crippen LogP contribution >= 0.6 is 34.8 Å². The average Bonchev–Trinajstić information content (AvgIpc) is 2.95. The van der Waals surface area contributed by atoms with Crippen LogP contribution in [0.2, 0.25) is 15.5 Å². The monoisotopic (exact) mass is 666 g/mol. The Balaban J connectivity index is 0.000000247. The van der Waals surface area contributed by atoms with Crippen molar-refractivity contribution in [2.45, 2.75) is 12.9 Å². The van der Waals surface area contributed by atoms with Crippen LogP contribution in [0.5, 0.6) is 0 Å². The Morgan fingerprint density at radius 2 is 1.19 bits per heavy atom. The highest BCUT2D eigenvalue weighted by atomic mass is 35.5. The topological polar surface area (TPSA) is 111 Å². The van der Waals surface area contributed by atoms with Crippen LogP contribution in [0.15, 0.2) is 48.5 Å². The van der Waals surface area contributed by atoms with Gasteiger partial charge in [0.25, 0.3) is 12.9 Å². The van der Waals surface area contributed by atoms with Crippen molar-refractivity contribution >= 4 is 52.0 Å². The summed E-state index contributed by atoms with van der Waals surface area (Å²) in [6.45, 7) is 0. The number of nitrogens with zero attached hydrogens (tertiary/aromatic N) is 4. The molecule has 0 fully saturated rings. The minimum absolute atomic E-state index is 0.0198. The highest BCUT2D eigenvalue weighted by molar-refractivity contribution is 6.33. The van der Waals surface area contributed by atoms with Crippen LogP contribution in [-0.4, -0.2) is 9.97 Å². The van der Waals surface area contributed by atoms with Gasteiger partial charge in [0.05, 0.1) is 33.6 Å². The summed E-state index contributed by atoms with van der Waals surface area (Å²) in [4.78, 5) is 6.93. The number of nitrogen functional groups attached to an aromatic ring is 1. The standard InChI is InChI=1S/C13H6ClF4N3.C7H6F3N.C6HCl2FN2/c14-11-6(5-19)4-8(15)13(21-11)20-9-3-1-2-7(10(9)16)12(17)18;8-6-4(7(9)10)2-1-3-5(6)11;7-5-3(2-10)1-4(9)6(8)11-5/h1-4,12H,(H,20,21);1-3,7H,11H2;1H. The Hall–Kier alpha value is -4.37. The van der Waals surface area contributed by atoms with Crippen LogP contribution in [-0.2, 0) is 0 Å². The number of nitriles is 2. The second kappa shape index (κ2) is 15.7. The predicted molar refractivity (Wildman–Crippen MR) is 143 cm³/mol. The first kappa shape index (κ1) is 34.8. The van der Waals surface area contributed by atoms with E-state index in [-0.39, 0.29) is 38.0 Å². The Kier molecular flexibility index (Phi) is 12.8. The van der Waals surface area contributed by atoms with Gasteiger partial charge in [0.2, 0.25) is 0 Å². The molecular formula is C26H13Cl3F8N6. The third-order valence-corrected chi connectivity index (χ3v) is 5.71. The number of halogens is 11. The molecule has 2 aromatic heterocycles. The van der Waals surface area contributed by atoms with Gasteiger partial charge in [-0.1, -0.05) is 59.1 Å². The number of aromatic nitrogens is 2. The highest BCUT2D eigenvalue weighted by Gasteiger charge is 2.18. The van der Waals surface area contributed by atoms with E-state index in [1.165, 1.54) is 18.2 Å². The zero-order chi connectivity index (χ0) is 32.4. The van der Waals surface area contributed by atoms with E-state index in [0.29, 0.717) is 0 Å². The summed E-state index contributed by atoms with van der Waals surface area (Å²) in [6, 6.07) is 11.8. The molecule has 0 spiro atoms. The number of hydrogen-bond acceptors (Lipinski definition) is 6. The Bertz CT molecular complexity index is 1690. The Morgan fingerprint density at radius 3 is 1.70 bits per heavy atom. The molecule has 0 aliphatic rings. The van der Waals surface area contributed by atoms with Gasteiger partial charge >= 0.3 is 0 Å². The summed E-state index contributed by atoms with van der Waals surface area (Å²) in [5.41, 5.74) is 2.75. The fraction of sp³-hybridized carbons (Fsp3) is 0.0769. The molecule has 0 radical (unpaired) electrons. The van der Waals surface area contributed by atoms with Crippen LogP contribution in [0.4, 0.5) is 52.3 Å². The van der Waals surface area contributed by atoms with Crippen LogP contribution in [0, 0.1) is 45.9 Å². The van der Waals surface area contributed by atoms with Gasteiger partial charge in [-0.25, -0.2) is 45.1 Å². The van der Waals surface area contributed by atoms with Crippen molar-refractivity contribution in [1.29, 1.82) is 10.5 Å². The van der Waals surface area contributed by atoms with Crippen molar-refractivity contribution in [1.82, 2.24) is 9.97 Å². The second-order valence-corrected chi connectivity index (χ2v) is 8.74. The molecule has 2 heterocycles. The van der Waals surface area contributed by atoms with Crippen molar-refractivity contribution in [3.05, 3.63) is 110 Å². The summed E-state index contributed by atoms with van der Waals surface area (Å²) in [5.74, 6) is -4.41. The van der Waals surface area contributed by atoms with Gasteiger partial charge in [-0.05, 0) is 24.3 Å². The molecule has 0 bridgehead atoms. The third-order valence-electron chi connectivity index (χ3n) is 4.87. The van der Waals surface area contributed by atoms with Crippen molar-refractivity contribution in [3.63, 3.8) is 0 Å². The van der Waals surface area contributed by atoms with E-state index in [4.69, 9.17) is 51.1 Å². The minimum atomic E-state index is -3.01. The molecule has 0 saturated heterocycles. The van der Waals surface area contributed by atoms with Gasteiger partial charge in [0.15, 0.2) is 34.2 Å². The highest BCUT2D eigenvalue weighted by Crippen LogP contribution is 2.30. The summed E-state index contributed by atoms with van der Waals surface area (Å²) in [5, 5.41) is 18.6. The molecule has 0 aliphatic heterocycles. The predicted octanol–water partition coefficient (Wildman–Crippen LogP) is 9.31. The first-order chi connectivity index (χ1) is 20.2. The van der Waals surface area contributed by atoms with Crippen LogP contribution in [0.25, 0.3) is 0 Å². The minimum Gasteiger partial charge on any atom is -0.396 e. The number of alkyl halides is 4. The number of benzene rings is 2. The third kappa shape index (κ3) is 9.31. The summed E-state index contributed by atoms with van der Waals surface area (Å²) in [7, 11) is 0. The molecule has 3 N–H and O–H groups in total. The van der Waals surface area contributed by atoms with Crippen molar-refractivity contribution in [3.8, 4) is 12.1 Å². The normalized spacial score (nSPS) is 10.2. The van der Waals surface area contributed by atoms with E-state index in [0.717, 1.165) is 30.3 Å². The molecule has 17 heteroatoms. The van der Waals surface area contributed by atoms with Crippen molar-refractivity contribution in [2.24, 2.45) is 0 Å². The lowest BCUT2D eigenvalue weighted by Crippen LogP contribution is -2.03. The van der Waals surface area contributed by atoms with E-state index in [2.05, 4.69) is 15.3 Å². The Labute approximate surface area is 252 Å². The molecule has 0 unspecified atom stereocenters. The summed E-state index contributed by atoms with van der Waals surface area (Å²) >= 11 is 16.3. The molecule has 0 atom stereocenters. The number of pyridine rings is 2. The van der Waals surface area contributed by atoms with Gasteiger partial charge in [-0.3, -0.25) is 0 Å². The smallest absolute Gasteiger partial charge is 0.266 e. The lowest BCUT2D eigenvalue weighted by molar-refractivity contribution is 0.146. The number of rotatable bonds is 4. The van der Waals surface area contributed by atoms with Crippen LogP contribution in [0.3, 0.4) is 0 Å². The quantitative estimate of drug-likeness (QED) is 0.127. The van der Waals surface area contributed by atoms with Gasteiger partial charge in [-0.15, -0.1) is 0 Å². The molecule has 0 amide bonds. The maximum absolute atomic E-state index is 13.8. The molecule has 0 saturated carbocycles. The van der Waals surface area contributed by atoms with Crippen molar-refractivity contribution < 1.29 is 35.1 Å². The van der Waals surface area contributed by atoms with Crippen LogP contribution < -0.4 is 11.1 Å². The number of hydrogen-bond donors (Lipinski definition) is 2. The molecule has 0 aliphatic carbocycles. The molecule has 43 heavy (non-hydrogen) atoms. The Morgan fingerprint density at radius 1 is 0.698 bits per heavy atom. The fourth-order valence-corrected chi connectivity index (χ4v) is 3.38. The van der Waals surface area contributed by atoms with E-state index >= 15 is 0 Å². The van der Waals surface area contributed by atoms with Gasteiger partial charge in [0.1, 0.15) is 22.4 Å². The SMILES string of the molecule is N#Cc1cc(F)c(Cl)nc1Cl.N#Cc1cc(F)c(Nc2cccc(C(F)F)c2F)nc1Cl.Nc1cccc(C(F)F)c1F. The lowest BCUT2D eigenvalue weighted by atomic mass is 10.2. The average molecular weight is 668 g/mol. The fourth-order valence-electron chi connectivity index (χ4n) is 2.84. The van der Waals surface area contributed by atoms with Crippen molar-refractivity contribution in [2.75, 3.05) is 11.1 Å². The lowest BCUT2D eigenvalue weighted by Gasteiger charge is -2.11. The molecule has 224 valence electrons. The van der Waals surface area contributed by atoms with Gasteiger partial charge < -0.3 is 11.1 Å². The van der Waals surface area contributed by atoms with Gasteiger partial charge in [-0.2, -0.15) is 10.5 Å². The molecule has 6 nitrogen and oxygen atoms in total. The van der Waals surface area contributed by atoms with E-state index in [9.17, 15) is 35.1 Å². The molecular weight excluding hydrogens is 655 g/mol. The number of nitrogens with one attached hydrogen (secondary N) is 1. The zero-order valence-corrected chi connectivity index (χ0v) is 23.1.